The number of rotatable bonds is 4. The van der Waals surface area contributed by atoms with E-state index in [4.69, 9.17) is 0 Å². The predicted molar refractivity (Wildman–Crippen MR) is 114 cm³/mol. The van der Waals surface area contributed by atoms with Gasteiger partial charge in [-0.2, -0.15) is 12.1 Å². The van der Waals surface area contributed by atoms with Gasteiger partial charge >= 0.3 is 18.9 Å². The molecule has 0 fully saturated rings. The largest absolute Gasteiger partial charge is 1.00 e. The van der Waals surface area contributed by atoms with Crippen molar-refractivity contribution in [1.29, 1.82) is 0 Å². The fraction of sp³-hybridized carbons (Fsp3) is 0.0435. The number of imidazole rings is 1. The number of hydrogen-bond acceptors (Lipinski definition) is 5. The second-order valence-electron chi connectivity index (χ2n) is 6.33. The zero-order valence-corrected chi connectivity index (χ0v) is 17.5. The van der Waals surface area contributed by atoms with E-state index in [9.17, 15) is 14.8 Å². The van der Waals surface area contributed by atoms with Crippen LogP contribution in [-0.4, -0.2) is 32.1 Å². The second-order valence-corrected chi connectivity index (χ2v) is 6.33. The summed E-state index contributed by atoms with van der Waals surface area (Å²) >= 11 is 0. The molecule has 0 spiro atoms. The summed E-state index contributed by atoms with van der Waals surface area (Å²) in [6.07, 6.45) is 0. The first-order valence-corrected chi connectivity index (χ1v) is 8.63. The molecule has 0 unspecified atom stereocenters. The third kappa shape index (κ3) is 5.22. The molecule has 0 atom stereocenters. The van der Waals surface area contributed by atoms with Crippen LogP contribution in [0.15, 0.2) is 66.7 Å². The summed E-state index contributed by atoms with van der Waals surface area (Å²) < 4.78 is 1.02. The number of nitrogens with one attached hydrogen (secondary N) is 1. The average molecular weight is 409 g/mol. The van der Waals surface area contributed by atoms with Crippen molar-refractivity contribution >= 4 is 28.4 Å². The molecule has 3 aromatic carbocycles. The molecule has 1 aromatic heterocycles. The maximum atomic E-state index is 12.4. The topological polar surface area (TPSA) is 114 Å². The van der Waals surface area contributed by atoms with Gasteiger partial charge in [0.15, 0.2) is 11.6 Å². The molecule has 0 aliphatic heterocycles. The van der Waals surface area contributed by atoms with Crippen molar-refractivity contribution in [3.8, 4) is 11.4 Å². The molecule has 31 heavy (non-hydrogen) atoms. The predicted octanol–water partition coefficient (Wildman–Crippen LogP) is 1.47. The minimum Gasteiger partial charge on any atom is -0.870 e. The molecule has 1 heterocycles. The smallest absolute Gasteiger partial charge is 0.870 e. The number of carbonyl (C=O) groups excluding carboxylic acids is 2. The number of hydrogen-bond donors (Lipinski definition) is 2. The first kappa shape index (κ1) is 25.7. The van der Waals surface area contributed by atoms with Crippen molar-refractivity contribution in [3.63, 3.8) is 0 Å². The minimum absolute atomic E-state index is 0. The van der Waals surface area contributed by atoms with Gasteiger partial charge in [-0.25, -0.2) is 4.73 Å². The molecule has 4 rings (SSSR count). The Balaban J connectivity index is 0.00000160. The summed E-state index contributed by atoms with van der Waals surface area (Å²) in [6.45, 7) is 1.48. The van der Waals surface area contributed by atoms with Gasteiger partial charge in [0.25, 0.3) is 5.91 Å². The first-order valence-electron chi connectivity index (χ1n) is 8.63. The number of nitrogens with zero attached hydrogens (tertiary/aromatic N) is 2. The maximum Gasteiger partial charge on any atom is 1.00 e. The third-order valence-electron chi connectivity index (χ3n) is 4.43. The van der Waals surface area contributed by atoms with Crippen LogP contribution in [0, 0.1) is 13.5 Å². The van der Waals surface area contributed by atoms with Crippen LogP contribution in [0.3, 0.4) is 0 Å². The van der Waals surface area contributed by atoms with E-state index in [2.05, 4.69) is 16.4 Å². The molecular weight excluding hydrogens is 389 g/mol. The quantitative estimate of drug-likeness (QED) is 0.229. The van der Waals surface area contributed by atoms with E-state index in [0.717, 1.165) is 4.73 Å². The molecule has 0 saturated heterocycles. The Hall–Kier alpha value is -3.37. The minimum atomic E-state index is -0.271. The fourth-order valence-electron chi connectivity index (χ4n) is 2.90. The molecular formula is C23H20LiN3O4-2. The van der Waals surface area contributed by atoms with Crippen molar-refractivity contribution in [2.75, 3.05) is 5.32 Å². The molecule has 4 aromatic rings. The zero-order valence-electron chi connectivity index (χ0n) is 17.5. The van der Waals surface area contributed by atoms with Crippen LogP contribution >= 0.6 is 0 Å². The molecule has 0 aliphatic carbocycles. The van der Waals surface area contributed by atoms with E-state index >= 15 is 0 Å². The number of amides is 1. The van der Waals surface area contributed by atoms with Gasteiger partial charge in [0.2, 0.25) is 0 Å². The number of anilines is 1. The van der Waals surface area contributed by atoms with Gasteiger partial charge in [0.1, 0.15) is 0 Å². The summed E-state index contributed by atoms with van der Waals surface area (Å²) in [4.78, 5) is 28.1. The van der Waals surface area contributed by atoms with Crippen LogP contribution < -0.4 is 24.2 Å². The Morgan fingerprint density at radius 2 is 1.61 bits per heavy atom. The number of Topliss-reactive ketones (excluding diaryl/α,β-unsaturated/α-hetero) is 1. The van der Waals surface area contributed by atoms with Crippen molar-refractivity contribution < 1.29 is 39.1 Å². The van der Waals surface area contributed by atoms with Crippen LogP contribution in [0.25, 0.3) is 22.4 Å². The first-order chi connectivity index (χ1) is 13.5. The molecule has 0 saturated carbocycles. The standard InChI is InChI=1S/C22H16N3O3.CH3.Li.H2O/c1-14(26)15-6-8-17(9-7-15)22(27)23-18-12-10-16(11-13-18)21-24-19-4-2-3-5-20(19)25(21)28;;;/h2,4-13,28H,1H3,(H,23,27);1H3;;1H2/q2*-1;+1;/p-1. The average Bonchev–Trinajstić information content (AvgIpc) is 3.05. The van der Waals surface area contributed by atoms with Gasteiger partial charge in [-0.3, -0.25) is 14.6 Å². The van der Waals surface area contributed by atoms with E-state index in [1.54, 1.807) is 66.7 Å². The maximum absolute atomic E-state index is 12.4. The SMILES string of the molecule is CC(=O)c1ccc(C(=O)Nc2ccc(-c3nc4cc[c-]cc4n3O)cc2)cc1.[CH3-].[Li+].[OH-]. The molecule has 0 aliphatic rings. The number of benzene rings is 3. The number of carbonyl (C=O) groups is 2. The van der Waals surface area contributed by atoms with Crippen molar-refractivity contribution in [2.24, 2.45) is 0 Å². The van der Waals surface area contributed by atoms with E-state index in [1.165, 1.54) is 6.92 Å². The van der Waals surface area contributed by atoms with Crippen molar-refractivity contribution in [1.82, 2.24) is 9.71 Å². The summed E-state index contributed by atoms with van der Waals surface area (Å²) in [5, 5.41) is 13.1. The molecule has 8 heteroatoms. The van der Waals surface area contributed by atoms with Gasteiger partial charge in [0.05, 0.1) is 0 Å². The van der Waals surface area contributed by atoms with Crippen LogP contribution in [-0.2, 0) is 0 Å². The fourth-order valence-corrected chi connectivity index (χ4v) is 2.90. The summed E-state index contributed by atoms with van der Waals surface area (Å²) in [6, 6.07) is 21.6. The van der Waals surface area contributed by atoms with Gasteiger partial charge in [0, 0.05) is 22.4 Å². The van der Waals surface area contributed by atoms with Crippen LogP contribution in [0.5, 0.6) is 0 Å². The molecule has 0 bridgehead atoms. The second kappa shape index (κ2) is 10.6. The Morgan fingerprint density at radius 3 is 2.19 bits per heavy atom. The molecule has 0 radical (unpaired) electrons. The van der Waals surface area contributed by atoms with Crippen molar-refractivity contribution in [2.45, 2.75) is 6.92 Å². The summed E-state index contributed by atoms with van der Waals surface area (Å²) in [5.41, 5.74) is 3.58. The van der Waals surface area contributed by atoms with E-state index in [-0.39, 0.29) is 43.5 Å². The third-order valence-corrected chi connectivity index (χ3v) is 4.43. The Kier molecular flexibility index (Phi) is 8.77. The van der Waals surface area contributed by atoms with Crippen LogP contribution in [0.4, 0.5) is 5.69 Å². The molecule has 3 N–H and O–H groups in total. The van der Waals surface area contributed by atoms with Crippen LogP contribution in [0.1, 0.15) is 27.6 Å². The van der Waals surface area contributed by atoms with Gasteiger partial charge in [-0.05, 0) is 54.4 Å². The van der Waals surface area contributed by atoms with E-state index in [0.29, 0.717) is 39.2 Å². The Bertz CT molecular complexity index is 1190. The summed E-state index contributed by atoms with van der Waals surface area (Å²) in [5.74, 6) is 0.0930. The Labute approximate surface area is 192 Å². The van der Waals surface area contributed by atoms with Gasteiger partial charge in [-0.15, -0.1) is 12.1 Å². The normalized spacial score (nSPS) is 9.71. The molecule has 1 amide bonds. The summed E-state index contributed by atoms with van der Waals surface area (Å²) in [7, 11) is 0. The van der Waals surface area contributed by atoms with E-state index in [1.807, 2.05) is 0 Å². The molecule has 154 valence electrons. The number of fused-ring (bicyclic) bond motifs is 1. The monoisotopic (exact) mass is 409 g/mol. The zero-order chi connectivity index (χ0) is 19.7. The number of ketones is 1. The van der Waals surface area contributed by atoms with E-state index < -0.39 is 0 Å². The Morgan fingerprint density at radius 1 is 1.00 bits per heavy atom. The van der Waals surface area contributed by atoms with Gasteiger partial charge < -0.3 is 23.4 Å². The van der Waals surface area contributed by atoms with Gasteiger partial charge in [-0.1, -0.05) is 12.1 Å². The van der Waals surface area contributed by atoms with Crippen molar-refractivity contribution in [3.05, 3.63) is 91.3 Å². The van der Waals surface area contributed by atoms with Crippen LogP contribution in [0.2, 0.25) is 0 Å². The number of aromatic nitrogens is 2. The molecule has 7 nitrogen and oxygen atoms in total.